The van der Waals surface area contributed by atoms with E-state index >= 15 is 0 Å². The Morgan fingerprint density at radius 2 is 2.25 bits per heavy atom. The molecule has 0 aromatic heterocycles. The normalized spacial score (nSPS) is 27.9. The predicted molar refractivity (Wildman–Crippen MR) is 70.1 cm³/mol. The number of rotatable bonds is 6. The number of ether oxygens (including phenoxy) is 1. The molecule has 1 aliphatic rings. The third-order valence-corrected chi connectivity index (χ3v) is 3.80. The van der Waals surface area contributed by atoms with Gasteiger partial charge in [0.15, 0.2) is 0 Å². The minimum atomic E-state index is -0.618. The van der Waals surface area contributed by atoms with Gasteiger partial charge in [0.05, 0.1) is 17.3 Å². The lowest BCUT2D eigenvalue weighted by Crippen LogP contribution is -2.42. The zero-order valence-electron chi connectivity index (χ0n) is 10.9. The zero-order valence-corrected chi connectivity index (χ0v) is 11.7. The monoisotopic (exact) mass is 247 g/mol. The standard InChI is InChI=1S/C12H25NO2S/c1-11(2)6-5-10(15-11)7-13-8-12(3,14)9-16-4/h10,13-14H,5-9H2,1-4H3. The molecule has 4 heteroatoms. The fraction of sp³-hybridized carbons (Fsp3) is 1.00. The lowest BCUT2D eigenvalue weighted by atomic mass is 10.1. The second-order valence-corrected chi connectivity index (χ2v) is 6.47. The molecular weight excluding hydrogens is 222 g/mol. The van der Waals surface area contributed by atoms with Crippen molar-refractivity contribution in [2.24, 2.45) is 0 Å². The van der Waals surface area contributed by atoms with E-state index in [1.54, 1.807) is 11.8 Å². The van der Waals surface area contributed by atoms with Gasteiger partial charge in [-0.05, 0) is 39.9 Å². The van der Waals surface area contributed by atoms with E-state index in [1.807, 2.05) is 13.2 Å². The van der Waals surface area contributed by atoms with Gasteiger partial charge in [-0.3, -0.25) is 0 Å². The van der Waals surface area contributed by atoms with Crippen molar-refractivity contribution in [3.05, 3.63) is 0 Å². The maximum Gasteiger partial charge on any atom is 0.0833 e. The minimum Gasteiger partial charge on any atom is -0.388 e. The van der Waals surface area contributed by atoms with Crippen LogP contribution in [0, 0.1) is 0 Å². The molecule has 1 fully saturated rings. The molecule has 0 bridgehead atoms. The zero-order chi connectivity index (χ0) is 12.2. The van der Waals surface area contributed by atoms with E-state index in [2.05, 4.69) is 19.2 Å². The summed E-state index contributed by atoms with van der Waals surface area (Å²) in [4.78, 5) is 0. The van der Waals surface area contributed by atoms with Crippen LogP contribution in [0.5, 0.6) is 0 Å². The van der Waals surface area contributed by atoms with E-state index < -0.39 is 5.60 Å². The molecule has 0 aliphatic carbocycles. The number of hydrogen-bond donors (Lipinski definition) is 2. The first kappa shape index (κ1) is 14.3. The molecule has 1 saturated heterocycles. The van der Waals surface area contributed by atoms with Gasteiger partial charge in [-0.1, -0.05) is 0 Å². The topological polar surface area (TPSA) is 41.5 Å². The van der Waals surface area contributed by atoms with Gasteiger partial charge >= 0.3 is 0 Å². The summed E-state index contributed by atoms with van der Waals surface area (Å²) in [6, 6.07) is 0. The fourth-order valence-electron chi connectivity index (χ4n) is 2.09. The predicted octanol–water partition coefficient (Wildman–Crippen LogP) is 1.65. The Hall–Kier alpha value is 0.230. The first-order chi connectivity index (χ1) is 7.35. The molecule has 96 valence electrons. The van der Waals surface area contributed by atoms with E-state index in [-0.39, 0.29) is 5.60 Å². The van der Waals surface area contributed by atoms with Crippen molar-refractivity contribution in [3.63, 3.8) is 0 Å². The van der Waals surface area contributed by atoms with Crippen molar-refractivity contribution in [1.82, 2.24) is 5.32 Å². The van der Waals surface area contributed by atoms with Crippen LogP contribution in [-0.4, -0.2) is 47.5 Å². The van der Waals surface area contributed by atoms with Crippen LogP contribution in [0.1, 0.15) is 33.6 Å². The van der Waals surface area contributed by atoms with E-state index in [1.165, 1.54) is 0 Å². The van der Waals surface area contributed by atoms with E-state index in [0.717, 1.165) is 25.1 Å². The van der Waals surface area contributed by atoms with Gasteiger partial charge in [0, 0.05) is 18.8 Å². The Morgan fingerprint density at radius 3 is 2.75 bits per heavy atom. The van der Waals surface area contributed by atoms with Crippen molar-refractivity contribution in [3.8, 4) is 0 Å². The quantitative estimate of drug-likeness (QED) is 0.749. The molecule has 2 atom stereocenters. The second-order valence-electron chi connectivity index (χ2n) is 5.60. The maximum atomic E-state index is 9.97. The summed E-state index contributed by atoms with van der Waals surface area (Å²) in [6.45, 7) is 7.62. The highest BCUT2D eigenvalue weighted by molar-refractivity contribution is 7.98. The molecule has 16 heavy (non-hydrogen) atoms. The summed E-state index contributed by atoms with van der Waals surface area (Å²) >= 11 is 1.67. The average Bonchev–Trinajstić information content (AvgIpc) is 2.45. The first-order valence-electron chi connectivity index (χ1n) is 5.94. The first-order valence-corrected chi connectivity index (χ1v) is 7.34. The highest BCUT2D eigenvalue weighted by Crippen LogP contribution is 2.28. The maximum absolute atomic E-state index is 9.97. The largest absolute Gasteiger partial charge is 0.388 e. The Morgan fingerprint density at radius 1 is 1.56 bits per heavy atom. The van der Waals surface area contributed by atoms with Crippen LogP contribution in [0.25, 0.3) is 0 Å². The van der Waals surface area contributed by atoms with Crippen LogP contribution < -0.4 is 5.32 Å². The molecular formula is C12H25NO2S. The molecule has 1 heterocycles. The van der Waals surface area contributed by atoms with Gasteiger partial charge in [0.2, 0.25) is 0 Å². The minimum absolute atomic E-state index is 0.0358. The van der Waals surface area contributed by atoms with Crippen LogP contribution in [0.4, 0.5) is 0 Å². The number of hydrogen-bond acceptors (Lipinski definition) is 4. The average molecular weight is 247 g/mol. The molecule has 0 aromatic carbocycles. The Kier molecular flexibility index (Phi) is 5.10. The van der Waals surface area contributed by atoms with Crippen LogP contribution in [0.15, 0.2) is 0 Å². The van der Waals surface area contributed by atoms with Crippen molar-refractivity contribution in [1.29, 1.82) is 0 Å². The smallest absolute Gasteiger partial charge is 0.0833 e. The molecule has 0 aromatic rings. The summed E-state index contributed by atoms with van der Waals surface area (Å²) in [7, 11) is 0. The Labute approximate surface area is 103 Å². The molecule has 0 amide bonds. The lowest BCUT2D eigenvalue weighted by molar-refractivity contribution is -0.0163. The van der Waals surface area contributed by atoms with Gasteiger partial charge in [0.25, 0.3) is 0 Å². The van der Waals surface area contributed by atoms with Crippen molar-refractivity contribution in [2.45, 2.75) is 50.9 Å². The molecule has 1 rings (SSSR count). The summed E-state index contributed by atoms with van der Waals surface area (Å²) < 4.78 is 5.87. The van der Waals surface area contributed by atoms with Gasteiger partial charge < -0.3 is 15.2 Å². The molecule has 2 unspecified atom stereocenters. The van der Waals surface area contributed by atoms with E-state index in [4.69, 9.17) is 4.74 Å². The van der Waals surface area contributed by atoms with E-state index in [0.29, 0.717) is 12.6 Å². The summed E-state index contributed by atoms with van der Waals surface area (Å²) in [6.07, 6.45) is 4.56. The van der Waals surface area contributed by atoms with Gasteiger partial charge in [-0.2, -0.15) is 11.8 Å². The number of aliphatic hydroxyl groups is 1. The number of thioether (sulfide) groups is 1. The lowest BCUT2D eigenvalue weighted by Gasteiger charge is -2.24. The van der Waals surface area contributed by atoms with Gasteiger partial charge in [-0.15, -0.1) is 0 Å². The van der Waals surface area contributed by atoms with Crippen molar-refractivity contribution < 1.29 is 9.84 Å². The Balaban J connectivity index is 2.17. The summed E-state index contributed by atoms with van der Waals surface area (Å²) in [5, 5.41) is 13.3. The van der Waals surface area contributed by atoms with Crippen molar-refractivity contribution >= 4 is 11.8 Å². The van der Waals surface area contributed by atoms with Gasteiger partial charge in [0.1, 0.15) is 0 Å². The molecule has 0 spiro atoms. The van der Waals surface area contributed by atoms with Crippen molar-refractivity contribution in [2.75, 3.05) is 25.1 Å². The van der Waals surface area contributed by atoms with Gasteiger partial charge in [-0.25, -0.2) is 0 Å². The van der Waals surface area contributed by atoms with Crippen LogP contribution in [0.3, 0.4) is 0 Å². The van der Waals surface area contributed by atoms with Crippen LogP contribution >= 0.6 is 11.8 Å². The third kappa shape index (κ3) is 5.04. The highest BCUT2D eigenvalue weighted by atomic mass is 32.2. The van der Waals surface area contributed by atoms with E-state index in [9.17, 15) is 5.11 Å². The summed E-state index contributed by atoms with van der Waals surface area (Å²) in [5.74, 6) is 0.761. The highest BCUT2D eigenvalue weighted by Gasteiger charge is 2.31. The molecule has 0 radical (unpaired) electrons. The second kappa shape index (κ2) is 5.71. The molecule has 1 aliphatic heterocycles. The molecule has 2 N–H and O–H groups in total. The fourth-order valence-corrected chi connectivity index (χ4v) is 2.81. The number of nitrogens with one attached hydrogen (secondary N) is 1. The molecule has 0 saturated carbocycles. The third-order valence-electron chi connectivity index (χ3n) is 2.89. The summed E-state index contributed by atoms with van der Waals surface area (Å²) in [5.41, 5.74) is -0.582. The SMILES string of the molecule is CSCC(C)(O)CNCC1CCC(C)(C)O1. The Bertz CT molecular complexity index is 219. The van der Waals surface area contributed by atoms with Crippen LogP contribution in [-0.2, 0) is 4.74 Å². The van der Waals surface area contributed by atoms with Crippen LogP contribution in [0.2, 0.25) is 0 Å². The molecule has 3 nitrogen and oxygen atoms in total.